The van der Waals surface area contributed by atoms with Gasteiger partial charge in [-0.1, -0.05) is 0 Å². The summed E-state index contributed by atoms with van der Waals surface area (Å²) < 4.78 is 22.1. The van der Waals surface area contributed by atoms with Crippen LogP contribution >= 0.6 is 0 Å². The molecule has 4 N–H and O–H groups in total. The van der Waals surface area contributed by atoms with Gasteiger partial charge in [0.05, 0.1) is 22.8 Å². The molecule has 8 heteroatoms. The number of benzene rings is 1. The molecule has 114 valence electrons. The number of nitrogens with two attached hydrogens (primary N) is 1. The first-order chi connectivity index (χ1) is 9.74. The Kier molecular flexibility index (Phi) is 4.29. The zero-order valence-corrected chi connectivity index (χ0v) is 12.7. The van der Waals surface area contributed by atoms with E-state index in [1.54, 1.807) is 18.2 Å². The van der Waals surface area contributed by atoms with Crippen molar-refractivity contribution >= 4 is 32.5 Å². The molecular weight excluding hydrogens is 292 g/mol. The van der Waals surface area contributed by atoms with E-state index >= 15 is 0 Å². The van der Waals surface area contributed by atoms with Gasteiger partial charge in [0.15, 0.2) is 0 Å². The molecule has 1 atom stereocenters. The van der Waals surface area contributed by atoms with Crippen molar-refractivity contribution in [2.75, 3.05) is 17.3 Å². The zero-order valence-electron chi connectivity index (χ0n) is 11.9. The number of aryl methyl sites for hydroxylation is 1. The van der Waals surface area contributed by atoms with Gasteiger partial charge in [-0.25, -0.2) is 13.4 Å². The molecule has 1 unspecified atom stereocenters. The average Bonchev–Trinajstić information content (AvgIpc) is 2.74. The minimum atomic E-state index is -3.12. The van der Waals surface area contributed by atoms with Gasteiger partial charge in [0.2, 0.25) is 5.91 Å². The van der Waals surface area contributed by atoms with E-state index in [1.807, 2.05) is 6.92 Å². The topological polar surface area (TPSA) is 118 Å². The Morgan fingerprint density at radius 2 is 2.19 bits per heavy atom. The molecule has 0 aliphatic heterocycles. The standard InChI is InChI=1S/C13H18N4O3S/c1-8-15-11-4-3-9(7-12(11)16-8)17-13(18)10(14)5-6-21(2,19)20/h3-4,7,10H,5-6,14H2,1-2H3,(H,15,16)(H,17,18). The number of rotatable bonds is 5. The highest BCUT2D eigenvalue weighted by Crippen LogP contribution is 2.17. The second-order valence-corrected chi connectivity index (χ2v) is 7.33. The molecule has 1 heterocycles. The summed E-state index contributed by atoms with van der Waals surface area (Å²) in [7, 11) is -3.12. The molecule has 2 rings (SSSR count). The second kappa shape index (κ2) is 5.82. The third kappa shape index (κ3) is 4.27. The number of carbonyl (C=O) groups excluding carboxylic acids is 1. The highest BCUT2D eigenvalue weighted by atomic mass is 32.2. The lowest BCUT2D eigenvalue weighted by Gasteiger charge is -2.11. The number of nitrogens with zero attached hydrogens (tertiary/aromatic N) is 1. The van der Waals surface area contributed by atoms with Gasteiger partial charge in [0.25, 0.3) is 0 Å². The predicted octanol–water partition coefficient (Wildman–Crippen LogP) is 0.572. The highest BCUT2D eigenvalue weighted by molar-refractivity contribution is 7.90. The average molecular weight is 310 g/mol. The first kappa shape index (κ1) is 15.5. The van der Waals surface area contributed by atoms with Gasteiger partial charge >= 0.3 is 0 Å². The smallest absolute Gasteiger partial charge is 0.241 e. The SMILES string of the molecule is Cc1nc2ccc(NC(=O)C(N)CCS(C)(=O)=O)cc2[nH]1. The van der Waals surface area contributed by atoms with Crippen molar-refractivity contribution in [2.24, 2.45) is 5.73 Å². The lowest BCUT2D eigenvalue weighted by Crippen LogP contribution is -2.37. The fourth-order valence-electron chi connectivity index (χ4n) is 1.92. The largest absolute Gasteiger partial charge is 0.342 e. The van der Waals surface area contributed by atoms with Crippen molar-refractivity contribution in [2.45, 2.75) is 19.4 Å². The van der Waals surface area contributed by atoms with Gasteiger partial charge in [-0.05, 0) is 31.5 Å². The van der Waals surface area contributed by atoms with Crippen molar-refractivity contribution in [3.05, 3.63) is 24.0 Å². The first-order valence-electron chi connectivity index (χ1n) is 6.45. The van der Waals surface area contributed by atoms with Crippen LogP contribution in [0, 0.1) is 6.92 Å². The Labute approximate surface area is 122 Å². The summed E-state index contributed by atoms with van der Waals surface area (Å²) in [6.07, 6.45) is 1.21. The number of aromatic amines is 1. The molecule has 0 radical (unpaired) electrons. The monoisotopic (exact) mass is 310 g/mol. The van der Waals surface area contributed by atoms with E-state index in [-0.39, 0.29) is 12.2 Å². The van der Waals surface area contributed by atoms with Crippen LogP contribution in [0.5, 0.6) is 0 Å². The minimum absolute atomic E-state index is 0.0933. The molecule has 0 spiro atoms. The molecule has 1 aromatic heterocycles. The summed E-state index contributed by atoms with van der Waals surface area (Å²) in [5, 5.41) is 2.67. The minimum Gasteiger partial charge on any atom is -0.342 e. The Bertz CT molecular complexity index is 767. The van der Waals surface area contributed by atoms with Crippen molar-refractivity contribution in [3.63, 3.8) is 0 Å². The summed E-state index contributed by atoms with van der Waals surface area (Å²) in [6, 6.07) is 4.41. The van der Waals surface area contributed by atoms with E-state index in [0.29, 0.717) is 5.69 Å². The van der Waals surface area contributed by atoms with E-state index < -0.39 is 21.8 Å². The summed E-state index contributed by atoms with van der Waals surface area (Å²) >= 11 is 0. The lowest BCUT2D eigenvalue weighted by molar-refractivity contribution is -0.117. The molecular formula is C13H18N4O3S. The number of nitrogens with one attached hydrogen (secondary N) is 2. The van der Waals surface area contributed by atoms with E-state index in [0.717, 1.165) is 23.1 Å². The number of hydrogen-bond donors (Lipinski definition) is 3. The maximum atomic E-state index is 11.9. The normalized spacial score (nSPS) is 13.3. The van der Waals surface area contributed by atoms with Crippen LogP contribution in [0.4, 0.5) is 5.69 Å². The highest BCUT2D eigenvalue weighted by Gasteiger charge is 2.16. The van der Waals surface area contributed by atoms with Gasteiger partial charge in [-0.2, -0.15) is 0 Å². The van der Waals surface area contributed by atoms with Crippen LogP contribution in [0.3, 0.4) is 0 Å². The van der Waals surface area contributed by atoms with E-state index in [2.05, 4.69) is 15.3 Å². The molecule has 0 saturated heterocycles. The van der Waals surface area contributed by atoms with E-state index in [4.69, 9.17) is 5.73 Å². The lowest BCUT2D eigenvalue weighted by atomic mass is 10.2. The Balaban J connectivity index is 2.03. The number of hydrogen-bond acceptors (Lipinski definition) is 5. The van der Waals surface area contributed by atoms with Gasteiger partial charge < -0.3 is 16.0 Å². The number of imidazole rings is 1. The van der Waals surface area contributed by atoms with Gasteiger partial charge in [-0.15, -0.1) is 0 Å². The Morgan fingerprint density at radius 1 is 1.48 bits per heavy atom. The van der Waals surface area contributed by atoms with Crippen LogP contribution in [-0.4, -0.2) is 42.3 Å². The number of fused-ring (bicyclic) bond motifs is 1. The van der Waals surface area contributed by atoms with Crippen molar-refractivity contribution in [1.82, 2.24) is 9.97 Å². The van der Waals surface area contributed by atoms with Crippen LogP contribution in [-0.2, 0) is 14.6 Å². The van der Waals surface area contributed by atoms with Crippen LogP contribution in [0.2, 0.25) is 0 Å². The maximum Gasteiger partial charge on any atom is 0.241 e. The van der Waals surface area contributed by atoms with Crippen LogP contribution in [0.1, 0.15) is 12.2 Å². The summed E-state index contributed by atoms with van der Waals surface area (Å²) in [6.45, 7) is 1.85. The van der Waals surface area contributed by atoms with Crippen LogP contribution < -0.4 is 11.1 Å². The van der Waals surface area contributed by atoms with Gasteiger partial charge in [0, 0.05) is 11.9 Å². The molecule has 0 aliphatic rings. The predicted molar refractivity (Wildman–Crippen MR) is 81.8 cm³/mol. The van der Waals surface area contributed by atoms with Crippen molar-refractivity contribution in [3.8, 4) is 0 Å². The Morgan fingerprint density at radius 3 is 2.86 bits per heavy atom. The third-order valence-corrected chi connectivity index (χ3v) is 3.98. The van der Waals surface area contributed by atoms with E-state index in [9.17, 15) is 13.2 Å². The molecule has 0 fully saturated rings. The van der Waals surface area contributed by atoms with Crippen LogP contribution in [0.25, 0.3) is 11.0 Å². The summed E-state index contributed by atoms with van der Waals surface area (Å²) in [5.74, 6) is 0.271. The summed E-state index contributed by atoms with van der Waals surface area (Å²) in [5.41, 5.74) is 7.91. The number of H-pyrrole nitrogens is 1. The fourth-order valence-corrected chi connectivity index (χ4v) is 2.60. The zero-order chi connectivity index (χ0) is 15.6. The molecule has 1 amide bonds. The molecule has 0 aliphatic carbocycles. The van der Waals surface area contributed by atoms with Crippen molar-refractivity contribution < 1.29 is 13.2 Å². The molecule has 2 aromatic rings. The summed E-state index contributed by atoms with van der Waals surface area (Å²) in [4.78, 5) is 19.3. The number of aromatic nitrogens is 2. The Hall–Kier alpha value is -1.93. The molecule has 1 aromatic carbocycles. The van der Waals surface area contributed by atoms with Crippen LogP contribution in [0.15, 0.2) is 18.2 Å². The maximum absolute atomic E-state index is 11.9. The number of sulfone groups is 1. The molecule has 21 heavy (non-hydrogen) atoms. The molecule has 0 bridgehead atoms. The number of carbonyl (C=O) groups is 1. The number of amides is 1. The molecule has 7 nitrogen and oxygen atoms in total. The van der Waals surface area contributed by atoms with Crippen molar-refractivity contribution in [1.29, 1.82) is 0 Å². The first-order valence-corrected chi connectivity index (χ1v) is 8.51. The van der Waals surface area contributed by atoms with Gasteiger partial charge in [-0.3, -0.25) is 4.79 Å². The molecule has 0 saturated carbocycles. The quantitative estimate of drug-likeness (QED) is 0.746. The third-order valence-electron chi connectivity index (χ3n) is 3.00. The number of anilines is 1. The second-order valence-electron chi connectivity index (χ2n) is 5.07. The van der Waals surface area contributed by atoms with Gasteiger partial charge in [0.1, 0.15) is 15.7 Å². The van der Waals surface area contributed by atoms with E-state index in [1.165, 1.54) is 0 Å². The fraction of sp³-hybridized carbons (Fsp3) is 0.385.